The zero-order chi connectivity index (χ0) is 19.9. The summed E-state index contributed by atoms with van der Waals surface area (Å²) in [5.74, 6) is -0.382. The van der Waals surface area contributed by atoms with Crippen LogP contribution in [-0.2, 0) is 33.9 Å². The van der Waals surface area contributed by atoms with Gasteiger partial charge in [-0.05, 0) is 0 Å². The van der Waals surface area contributed by atoms with E-state index in [1.807, 2.05) is 0 Å². The first kappa shape index (κ1) is 32.7. The van der Waals surface area contributed by atoms with E-state index in [0.717, 1.165) is 12.5 Å². The van der Waals surface area contributed by atoms with Crippen molar-refractivity contribution in [2.75, 3.05) is 58.9 Å². The summed E-state index contributed by atoms with van der Waals surface area (Å²) >= 11 is 4.96. The molecule has 0 aromatic heterocycles. The van der Waals surface area contributed by atoms with Crippen LogP contribution in [-0.4, -0.2) is 80.5 Å². The van der Waals surface area contributed by atoms with Gasteiger partial charge in [-0.2, -0.15) is 10.5 Å². The second-order valence-electron chi connectivity index (χ2n) is 4.37. The van der Waals surface area contributed by atoms with Crippen LogP contribution in [0.25, 0.3) is 0 Å². The fourth-order valence-electron chi connectivity index (χ4n) is 0.987. The molecule has 0 aliphatic carbocycles. The van der Waals surface area contributed by atoms with Gasteiger partial charge in [0.1, 0.15) is 11.8 Å². The Bertz CT molecular complexity index is 610. The number of sulfone groups is 2. The van der Waals surface area contributed by atoms with Crippen molar-refractivity contribution in [3.63, 3.8) is 0 Å². The maximum Gasteiger partial charge on any atom is 1.00 e. The van der Waals surface area contributed by atoms with Gasteiger partial charge in [0.05, 0.1) is 25.4 Å². The Morgan fingerprint density at radius 2 is 1.36 bits per heavy atom. The number of methoxy groups -OCH3 is 3. The van der Waals surface area contributed by atoms with Crippen LogP contribution in [0.15, 0.2) is 0 Å². The molecular formula is C12H24ClN2NaO7S2. The first-order valence-electron chi connectivity index (χ1n) is 6.09. The van der Waals surface area contributed by atoms with Crippen molar-refractivity contribution in [1.29, 1.82) is 10.5 Å². The van der Waals surface area contributed by atoms with Crippen LogP contribution in [0.5, 0.6) is 0 Å². The van der Waals surface area contributed by atoms with E-state index < -0.39 is 24.4 Å². The first-order chi connectivity index (χ1) is 10.9. The minimum absolute atomic E-state index is 0. The van der Waals surface area contributed by atoms with Crippen molar-refractivity contribution in [3.05, 3.63) is 0 Å². The molecule has 144 valence electrons. The van der Waals surface area contributed by atoms with E-state index in [4.69, 9.17) is 31.6 Å². The fraction of sp³-hybridized carbons (Fsp3) is 0.833. The molecule has 0 saturated carbocycles. The number of nitriles is 2. The molecule has 0 aliphatic rings. The summed E-state index contributed by atoms with van der Waals surface area (Å²) in [5.41, 5.74) is 0. The van der Waals surface area contributed by atoms with Crippen molar-refractivity contribution >= 4 is 31.3 Å². The van der Waals surface area contributed by atoms with Crippen LogP contribution < -0.4 is 29.6 Å². The van der Waals surface area contributed by atoms with Crippen molar-refractivity contribution in [3.8, 4) is 12.1 Å². The zero-order valence-electron chi connectivity index (χ0n) is 16.3. The van der Waals surface area contributed by atoms with Gasteiger partial charge in [0, 0.05) is 33.8 Å². The van der Waals surface area contributed by atoms with Crippen LogP contribution in [0.1, 0.15) is 1.43 Å². The van der Waals surface area contributed by atoms with E-state index in [-0.39, 0.29) is 50.0 Å². The van der Waals surface area contributed by atoms with Crippen molar-refractivity contribution in [2.45, 2.75) is 4.75 Å². The fourth-order valence-corrected chi connectivity index (χ4v) is 2.05. The Kier molecular flexibility index (Phi) is 22.8. The van der Waals surface area contributed by atoms with Crippen LogP contribution in [0.3, 0.4) is 0 Å². The topological polar surface area (TPSA) is 144 Å². The summed E-state index contributed by atoms with van der Waals surface area (Å²) in [6.07, 6.45) is 2.02. The standard InChI is InChI=1S/C7H13NO4S.C3H5NO2S.C2H5ClO.Na.H/c1-11-5-7(4-8,6-12-2)13(3,9)10;1-7(5,6)3-2-4;1-4-2-3;;/h5-6H2,1-3H3;3H2,1H3;2H2,1H3;;/q;;;+1;-1. The molecule has 9 nitrogen and oxygen atoms in total. The minimum Gasteiger partial charge on any atom is -1.00 e. The molecule has 0 bridgehead atoms. The van der Waals surface area contributed by atoms with E-state index in [2.05, 4.69) is 4.74 Å². The van der Waals surface area contributed by atoms with Crippen LogP contribution in [0, 0.1) is 22.7 Å². The van der Waals surface area contributed by atoms with Gasteiger partial charge in [0.25, 0.3) is 0 Å². The van der Waals surface area contributed by atoms with E-state index >= 15 is 0 Å². The predicted octanol–water partition coefficient (Wildman–Crippen LogP) is -2.91. The van der Waals surface area contributed by atoms with Crippen molar-refractivity contribution < 1.29 is 62.0 Å². The number of hydrogen-bond donors (Lipinski definition) is 0. The average Bonchev–Trinajstić information content (AvgIpc) is 2.45. The monoisotopic (exact) mass is 430 g/mol. The Hall–Kier alpha value is 0.0500. The van der Waals surface area contributed by atoms with Gasteiger partial charge >= 0.3 is 29.6 Å². The molecule has 0 unspecified atom stereocenters. The molecule has 0 aliphatic heterocycles. The van der Waals surface area contributed by atoms with Gasteiger partial charge < -0.3 is 15.6 Å². The molecule has 0 amide bonds. The second-order valence-corrected chi connectivity index (χ2v) is 9.05. The number of halogens is 1. The first-order valence-corrected chi connectivity index (χ1v) is 10.6. The number of ether oxygens (including phenoxy) is 3. The molecule has 0 aromatic rings. The van der Waals surface area contributed by atoms with Gasteiger partial charge in [0.15, 0.2) is 19.7 Å². The second kappa shape index (κ2) is 17.5. The number of hydrogen-bond acceptors (Lipinski definition) is 9. The number of nitrogens with zero attached hydrogens (tertiary/aromatic N) is 2. The number of rotatable bonds is 7. The average molecular weight is 431 g/mol. The molecule has 0 N–H and O–H groups in total. The molecule has 13 heteroatoms. The quantitative estimate of drug-likeness (QED) is 0.306. The third kappa shape index (κ3) is 18.6. The Balaban J connectivity index is -0.0000000963. The Morgan fingerprint density at radius 3 is 1.44 bits per heavy atom. The summed E-state index contributed by atoms with van der Waals surface area (Å²) in [6, 6.07) is 3.53. The van der Waals surface area contributed by atoms with Crippen LogP contribution in [0.2, 0.25) is 0 Å². The summed E-state index contributed by atoms with van der Waals surface area (Å²) in [7, 11) is -2.32. The molecule has 0 aromatic carbocycles. The molecule has 0 heterocycles. The van der Waals surface area contributed by atoms with Gasteiger partial charge in [0.2, 0.25) is 4.75 Å². The van der Waals surface area contributed by atoms with Crippen LogP contribution in [0.4, 0.5) is 0 Å². The molecule has 0 radical (unpaired) electrons. The molecule has 0 rings (SSSR count). The molecule has 0 spiro atoms. The molecular weight excluding hydrogens is 407 g/mol. The van der Waals surface area contributed by atoms with Gasteiger partial charge in [-0.25, -0.2) is 16.8 Å². The summed E-state index contributed by atoms with van der Waals surface area (Å²) < 4.78 is 54.7. The molecule has 0 fully saturated rings. The van der Waals surface area contributed by atoms with Gasteiger partial charge in [-0.1, -0.05) is 11.6 Å². The largest absolute Gasteiger partial charge is 1.00 e. The normalized spacial score (nSPS) is 10.6. The summed E-state index contributed by atoms with van der Waals surface area (Å²) in [6.45, 7) is -0.369. The van der Waals surface area contributed by atoms with E-state index in [1.165, 1.54) is 20.3 Å². The van der Waals surface area contributed by atoms with Crippen molar-refractivity contribution in [2.24, 2.45) is 0 Å². The van der Waals surface area contributed by atoms with E-state index in [0.29, 0.717) is 6.07 Å². The SMILES string of the molecule is COCC(C#N)(COC)S(C)(=O)=O.COCCl.CS(=O)(=O)CC#N.[H-].[Na+]. The van der Waals surface area contributed by atoms with Gasteiger partial charge in [-0.3, -0.25) is 0 Å². The van der Waals surface area contributed by atoms with E-state index in [1.54, 1.807) is 13.2 Å². The minimum atomic E-state index is -3.51. The third-order valence-electron chi connectivity index (χ3n) is 2.10. The maximum atomic E-state index is 11.3. The van der Waals surface area contributed by atoms with Crippen molar-refractivity contribution in [1.82, 2.24) is 0 Å². The number of alkyl halides is 1. The summed E-state index contributed by atoms with van der Waals surface area (Å²) in [4.78, 5) is 0. The molecule has 0 saturated heterocycles. The van der Waals surface area contributed by atoms with Gasteiger partial charge in [-0.15, -0.1) is 0 Å². The Morgan fingerprint density at radius 1 is 1.00 bits per heavy atom. The molecule has 0 atom stereocenters. The third-order valence-corrected chi connectivity index (χ3v) is 4.72. The predicted molar refractivity (Wildman–Crippen MR) is 91.1 cm³/mol. The Labute approximate surface area is 178 Å². The van der Waals surface area contributed by atoms with E-state index in [9.17, 15) is 16.8 Å². The molecule has 25 heavy (non-hydrogen) atoms. The summed E-state index contributed by atoms with van der Waals surface area (Å²) in [5, 5.41) is 16.6. The van der Waals surface area contributed by atoms with Crippen LogP contribution >= 0.6 is 11.6 Å². The smallest absolute Gasteiger partial charge is 1.00 e. The zero-order valence-corrected chi connectivity index (χ0v) is 19.7. The maximum absolute atomic E-state index is 11.3.